The van der Waals surface area contributed by atoms with Crippen LogP contribution in [0, 0.1) is 5.92 Å². The first-order valence-electron chi connectivity index (χ1n) is 6.49. The van der Waals surface area contributed by atoms with Gasteiger partial charge in [0, 0.05) is 12.1 Å². The fourth-order valence-electron chi connectivity index (χ4n) is 2.46. The maximum absolute atomic E-state index is 6.06. The molecule has 3 unspecified atom stereocenters. The van der Waals surface area contributed by atoms with E-state index in [1.165, 1.54) is 12.0 Å². The van der Waals surface area contributed by atoms with E-state index in [1.54, 1.807) is 0 Å². The van der Waals surface area contributed by atoms with Crippen molar-refractivity contribution < 1.29 is 0 Å². The molecule has 2 rings (SSSR count). The highest BCUT2D eigenvalue weighted by Gasteiger charge is 2.22. The number of piperidine rings is 1. The average molecular weight is 287 g/mol. The van der Waals surface area contributed by atoms with Crippen molar-refractivity contribution in [1.29, 1.82) is 0 Å². The Morgan fingerprint density at radius 2 is 2.11 bits per heavy atom. The topological polar surface area (TPSA) is 24.1 Å². The van der Waals surface area contributed by atoms with Crippen LogP contribution in [0.2, 0.25) is 10.0 Å². The van der Waals surface area contributed by atoms with Crippen molar-refractivity contribution in [2.24, 2.45) is 5.92 Å². The van der Waals surface area contributed by atoms with Crippen LogP contribution >= 0.6 is 23.2 Å². The molecule has 18 heavy (non-hydrogen) atoms. The Morgan fingerprint density at radius 1 is 1.33 bits per heavy atom. The largest absolute Gasteiger partial charge is 0.316 e. The van der Waals surface area contributed by atoms with Crippen molar-refractivity contribution in [1.82, 2.24) is 10.6 Å². The highest BCUT2D eigenvalue weighted by Crippen LogP contribution is 2.26. The molecular formula is C14H20Cl2N2. The normalized spacial score (nSPS) is 26.0. The number of hydrogen-bond donors (Lipinski definition) is 2. The molecule has 0 spiro atoms. The van der Waals surface area contributed by atoms with Gasteiger partial charge in [-0.3, -0.25) is 0 Å². The molecule has 2 nitrogen and oxygen atoms in total. The summed E-state index contributed by atoms with van der Waals surface area (Å²) in [5.74, 6) is 0.656. The van der Waals surface area contributed by atoms with E-state index in [-0.39, 0.29) is 0 Å². The first-order valence-corrected chi connectivity index (χ1v) is 7.25. The fraction of sp³-hybridized carbons (Fsp3) is 0.571. The summed E-state index contributed by atoms with van der Waals surface area (Å²) >= 11 is 12.0. The van der Waals surface area contributed by atoms with Crippen LogP contribution in [-0.4, -0.2) is 19.1 Å². The van der Waals surface area contributed by atoms with Gasteiger partial charge < -0.3 is 10.6 Å². The Hall–Kier alpha value is -0.280. The van der Waals surface area contributed by atoms with E-state index in [9.17, 15) is 0 Å². The SMILES string of the molecule is CC(NC1CCNCC1C)c1ccc(Cl)c(Cl)c1. The van der Waals surface area contributed by atoms with Gasteiger partial charge in [-0.1, -0.05) is 36.2 Å². The smallest absolute Gasteiger partial charge is 0.0595 e. The molecule has 0 aromatic heterocycles. The van der Waals surface area contributed by atoms with Gasteiger partial charge in [0.1, 0.15) is 0 Å². The standard InChI is InChI=1S/C14H20Cl2N2/c1-9-8-17-6-5-14(9)18-10(2)11-3-4-12(15)13(16)7-11/h3-4,7,9-10,14,17-18H,5-6,8H2,1-2H3. The molecule has 1 saturated heterocycles. The molecule has 2 N–H and O–H groups in total. The zero-order valence-corrected chi connectivity index (χ0v) is 12.4. The molecule has 1 aliphatic heterocycles. The van der Waals surface area contributed by atoms with Crippen molar-refractivity contribution in [3.63, 3.8) is 0 Å². The van der Waals surface area contributed by atoms with Crippen LogP contribution in [0.4, 0.5) is 0 Å². The van der Waals surface area contributed by atoms with Crippen LogP contribution in [0.5, 0.6) is 0 Å². The van der Waals surface area contributed by atoms with E-state index in [2.05, 4.69) is 24.5 Å². The summed E-state index contributed by atoms with van der Waals surface area (Å²) in [5, 5.41) is 8.35. The average Bonchev–Trinajstić information content (AvgIpc) is 2.35. The molecule has 1 aliphatic rings. The minimum atomic E-state index is 0.297. The van der Waals surface area contributed by atoms with E-state index < -0.39 is 0 Å². The van der Waals surface area contributed by atoms with Gasteiger partial charge >= 0.3 is 0 Å². The second kappa shape index (κ2) is 6.25. The molecule has 0 amide bonds. The lowest BCUT2D eigenvalue weighted by molar-refractivity contribution is 0.278. The lowest BCUT2D eigenvalue weighted by Crippen LogP contribution is -2.47. The lowest BCUT2D eigenvalue weighted by Gasteiger charge is -2.33. The van der Waals surface area contributed by atoms with Crippen molar-refractivity contribution in [3.05, 3.63) is 33.8 Å². The minimum absolute atomic E-state index is 0.297. The summed E-state index contributed by atoms with van der Waals surface area (Å²) in [6.45, 7) is 6.64. The van der Waals surface area contributed by atoms with Crippen LogP contribution in [0.25, 0.3) is 0 Å². The summed E-state index contributed by atoms with van der Waals surface area (Å²) in [5.41, 5.74) is 1.19. The van der Waals surface area contributed by atoms with Crippen LogP contribution in [0.3, 0.4) is 0 Å². The summed E-state index contributed by atoms with van der Waals surface area (Å²) in [6, 6.07) is 6.72. The Labute approximate surface area is 119 Å². The molecule has 4 heteroatoms. The molecule has 1 aromatic rings. The molecule has 1 heterocycles. The Balaban J connectivity index is 2.02. The van der Waals surface area contributed by atoms with Gasteiger partial charge in [0.05, 0.1) is 10.0 Å². The highest BCUT2D eigenvalue weighted by atomic mass is 35.5. The Kier molecular flexibility index (Phi) is 4.91. The third kappa shape index (κ3) is 3.39. The molecule has 100 valence electrons. The van der Waals surface area contributed by atoms with Gasteiger partial charge in [-0.05, 0) is 50.0 Å². The third-order valence-electron chi connectivity index (χ3n) is 3.69. The van der Waals surface area contributed by atoms with Crippen molar-refractivity contribution in [2.75, 3.05) is 13.1 Å². The fourth-order valence-corrected chi connectivity index (χ4v) is 2.77. The molecule has 0 bridgehead atoms. The first kappa shape index (κ1) is 14.1. The maximum Gasteiger partial charge on any atom is 0.0595 e. The second-order valence-corrected chi connectivity index (χ2v) is 5.95. The van der Waals surface area contributed by atoms with Crippen molar-refractivity contribution >= 4 is 23.2 Å². The van der Waals surface area contributed by atoms with Crippen LogP contribution in [-0.2, 0) is 0 Å². The predicted molar refractivity (Wildman–Crippen MR) is 78.5 cm³/mol. The van der Waals surface area contributed by atoms with Gasteiger partial charge in [0.25, 0.3) is 0 Å². The quantitative estimate of drug-likeness (QED) is 0.887. The zero-order chi connectivity index (χ0) is 13.1. The van der Waals surface area contributed by atoms with E-state index in [4.69, 9.17) is 23.2 Å². The first-order chi connectivity index (χ1) is 8.58. The Morgan fingerprint density at radius 3 is 2.78 bits per heavy atom. The van der Waals surface area contributed by atoms with Gasteiger partial charge in [-0.2, -0.15) is 0 Å². The van der Waals surface area contributed by atoms with Crippen LogP contribution in [0.1, 0.15) is 31.9 Å². The van der Waals surface area contributed by atoms with Gasteiger partial charge in [-0.15, -0.1) is 0 Å². The van der Waals surface area contributed by atoms with Gasteiger partial charge in [-0.25, -0.2) is 0 Å². The van der Waals surface area contributed by atoms with E-state index in [0.717, 1.165) is 13.1 Å². The van der Waals surface area contributed by atoms with E-state index in [0.29, 0.717) is 28.0 Å². The zero-order valence-electron chi connectivity index (χ0n) is 10.8. The van der Waals surface area contributed by atoms with Gasteiger partial charge in [0.15, 0.2) is 0 Å². The number of benzene rings is 1. The molecule has 0 aliphatic carbocycles. The maximum atomic E-state index is 6.06. The highest BCUT2D eigenvalue weighted by molar-refractivity contribution is 6.42. The number of halogens is 2. The van der Waals surface area contributed by atoms with Gasteiger partial charge in [0.2, 0.25) is 0 Å². The molecule has 3 atom stereocenters. The Bertz CT molecular complexity index is 409. The predicted octanol–water partition coefficient (Wildman–Crippen LogP) is 3.64. The number of nitrogens with one attached hydrogen (secondary N) is 2. The van der Waals surface area contributed by atoms with Crippen LogP contribution in [0.15, 0.2) is 18.2 Å². The molecule has 0 saturated carbocycles. The summed E-state index contributed by atoms with van der Waals surface area (Å²) in [6.07, 6.45) is 1.17. The molecular weight excluding hydrogens is 267 g/mol. The second-order valence-electron chi connectivity index (χ2n) is 5.14. The van der Waals surface area contributed by atoms with E-state index in [1.807, 2.05) is 18.2 Å². The molecule has 1 fully saturated rings. The molecule has 0 radical (unpaired) electrons. The summed E-state index contributed by atoms with van der Waals surface area (Å²) in [7, 11) is 0. The summed E-state index contributed by atoms with van der Waals surface area (Å²) < 4.78 is 0. The van der Waals surface area contributed by atoms with Crippen molar-refractivity contribution in [2.45, 2.75) is 32.4 Å². The minimum Gasteiger partial charge on any atom is -0.316 e. The van der Waals surface area contributed by atoms with Crippen molar-refractivity contribution in [3.8, 4) is 0 Å². The van der Waals surface area contributed by atoms with E-state index >= 15 is 0 Å². The number of rotatable bonds is 3. The molecule has 1 aromatic carbocycles. The third-order valence-corrected chi connectivity index (χ3v) is 4.43. The number of hydrogen-bond acceptors (Lipinski definition) is 2. The lowest BCUT2D eigenvalue weighted by atomic mass is 9.94. The van der Waals surface area contributed by atoms with Crippen LogP contribution < -0.4 is 10.6 Å². The monoisotopic (exact) mass is 286 g/mol. The summed E-state index contributed by atoms with van der Waals surface area (Å²) in [4.78, 5) is 0.